The summed E-state index contributed by atoms with van der Waals surface area (Å²) in [5, 5.41) is 11.5. The number of nitrogens with zero attached hydrogens (tertiary/aromatic N) is 4. The molecular formula is C13H30N4V-4. The summed E-state index contributed by atoms with van der Waals surface area (Å²) in [6, 6.07) is 0. The molecule has 1 aliphatic carbocycles. The van der Waals surface area contributed by atoms with Crippen molar-refractivity contribution in [3.05, 3.63) is 23.4 Å². The minimum atomic E-state index is 0. The number of hydrogen-bond donors (Lipinski definition) is 0. The van der Waals surface area contributed by atoms with Gasteiger partial charge >= 0.3 is 28.1 Å². The van der Waals surface area contributed by atoms with Crippen LogP contribution >= 0.6 is 0 Å². The summed E-state index contributed by atoms with van der Waals surface area (Å²) in [6.45, 7) is 1.73. The van der Waals surface area contributed by atoms with E-state index in [4.69, 9.17) is 0 Å². The van der Waals surface area contributed by atoms with Crippen molar-refractivity contribution in [2.75, 3.05) is 41.4 Å². The molecule has 0 amide bonds. The topological polar surface area (TPSA) is 54.7 Å². The molecule has 0 heterocycles. The Bertz CT molecular complexity index is 137. The molecule has 4 nitrogen and oxygen atoms in total. The van der Waals surface area contributed by atoms with E-state index in [1.807, 2.05) is 7.05 Å². The average Bonchev–Trinajstić information content (AvgIpc) is 2.82. The van der Waals surface area contributed by atoms with E-state index in [-0.39, 0.29) is 7.43 Å². The fraction of sp³-hybridized carbons (Fsp3) is 0.923. The predicted molar refractivity (Wildman–Crippen MR) is 78.9 cm³/mol. The maximum Gasteiger partial charge on any atom is -0.358 e. The SMILES string of the molecule is C[N-]CCC1CCCC1.C[N-]C[N-]C.C[N]=[V].[CH3-]. The second-order valence-corrected chi connectivity index (χ2v) is 4.58. The molecule has 1 saturated carbocycles. The van der Waals surface area contributed by atoms with Gasteiger partial charge in [-0.05, 0) is 5.92 Å². The minimum absolute atomic E-state index is 0. The van der Waals surface area contributed by atoms with Crippen molar-refractivity contribution in [3.63, 3.8) is 0 Å². The van der Waals surface area contributed by atoms with Gasteiger partial charge in [0.25, 0.3) is 0 Å². The first-order chi connectivity index (χ1) is 8.26. The molecule has 1 aliphatic rings. The summed E-state index contributed by atoms with van der Waals surface area (Å²) in [4.78, 5) is 0. The van der Waals surface area contributed by atoms with Gasteiger partial charge in [0, 0.05) is 0 Å². The van der Waals surface area contributed by atoms with E-state index in [0.29, 0.717) is 6.67 Å². The van der Waals surface area contributed by atoms with Crippen molar-refractivity contribution in [1.82, 2.24) is 0 Å². The van der Waals surface area contributed by atoms with Gasteiger partial charge in [-0.15, -0.1) is 6.54 Å². The Morgan fingerprint density at radius 3 is 1.78 bits per heavy atom. The molecule has 0 bridgehead atoms. The van der Waals surface area contributed by atoms with Crippen LogP contribution in [0.5, 0.6) is 0 Å². The van der Waals surface area contributed by atoms with E-state index in [9.17, 15) is 0 Å². The molecule has 0 N–H and O–H groups in total. The van der Waals surface area contributed by atoms with Gasteiger partial charge in [-0.25, -0.2) is 0 Å². The van der Waals surface area contributed by atoms with Crippen LogP contribution < -0.4 is 0 Å². The van der Waals surface area contributed by atoms with Gasteiger partial charge in [0.15, 0.2) is 0 Å². The van der Waals surface area contributed by atoms with Crippen molar-refractivity contribution in [2.45, 2.75) is 32.1 Å². The fourth-order valence-corrected chi connectivity index (χ4v) is 1.75. The summed E-state index contributed by atoms with van der Waals surface area (Å²) < 4.78 is 3.44. The summed E-state index contributed by atoms with van der Waals surface area (Å²) in [5.41, 5.74) is 0. The fourth-order valence-electron chi connectivity index (χ4n) is 1.75. The van der Waals surface area contributed by atoms with E-state index < -0.39 is 0 Å². The smallest absolute Gasteiger partial charge is 0.358 e. The van der Waals surface area contributed by atoms with Crippen molar-refractivity contribution >= 4 is 0 Å². The minimum Gasteiger partial charge on any atom is -0.358 e. The Labute approximate surface area is 124 Å². The maximum absolute atomic E-state index is 4.10. The second-order valence-electron chi connectivity index (χ2n) is 3.95. The molecule has 0 aromatic heterocycles. The molecule has 5 heteroatoms. The molecule has 0 spiro atoms. The first kappa shape index (κ1) is 23.4. The zero-order valence-electron chi connectivity index (χ0n) is 12.8. The van der Waals surface area contributed by atoms with Gasteiger partial charge in [-0.1, -0.05) is 32.1 Å². The van der Waals surface area contributed by atoms with Gasteiger partial charge in [0.05, 0.1) is 0 Å². The van der Waals surface area contributed by atoms with E-state index in [0.717, 1.165) is 12.5 Å². The maximum atomic E-state index is 4.10. The molecule has 0 atom stereocenters. The van der Waals surface area contributed by atoms with Crippen molar-refractivity contribution < 1.29 is 17.2 Å². The van der Waals surface area contributed by atoms with E-state index in [2.05, 4.69) is 37.0 Å². The summed E-state index contributed by atoms with van der Waals surface area (Å²) in [7, 11) is 7.12. The zero-order valence-corrected chi connectivity index (χ0v) is 14.2. The van der Waals surface area contributed by atoms with Crippen LogP contribution in [0.1, 0.15) is 32.1 Å². The molecule has 111 valence electrons. The normalized spacial score (nSPS) is 13.5. The monoisotopic (exact) mass is 293 g/mol. The Morgan fingerprint density at radius 1 is 1.06 bits per heavy atom. The third-order valence-corrected chi connectivity index (χ3v) is 2.52. The third kappa shape index (κ3) is 21.5. The van der Waals surface area contributed by atoms with E-state index in [1.54, 1.807) is 21.1 Å². The van der Waals surface area contributed by atoms with Crippen LogP contribution in [0.3, 0.4) is 0 Å². The molecule has 0 aromatic rings. The second kappa shape index (κ2) is 22.4. The number of rotatable bonds is 5. The Balaban J connectivity index is -0.000000216. The molecular weight excluding hydrogens is 263 g/mol. The molecule has 0 saturated heterocycles. The first-order valence-electron chi connectivity index (χ1n) is 6.16. The predicted octanol–water partition coefficient (Wildman–Crippen LogP) is 4.32. The van der Waals surface area contributed by atoms with Crippen LogP contribution in [0.15, 0.2) is 3.79 Å². The Morgan fingerprint density at radius 2 is 1.50 bits per heavy atom. The van der Waals surface area contributed by atoms with Crippen LogP contribution in [0.4, 0.5) is 0 Å². The molecule has 1 rings (SSSR count). The molecule has 18 heavy (non-hydrogen) atoms. The zero-order chi connectivity index (χ0) is 13.4. The van der Waals surface area contributed by atoms with Crippen LogP contribution in [0.2, 0.25) is 0 Å². The summed E-state index contributed by atoms with van der Waals surface area (Å²) >= 11 is 2.09. The Hall–Kier alpha value is 0.264. The Kier molecular flexibility index (Phi) is 29.1. The molecule has 0 unspecified atom stereocenters. The summed E-state index contributed by atoms with van der Waals surface area (Å²) in [6.07, 6.45) is 7.21. The van der Waals surface area contributed by atoms with Crippen LogP contribution in [0, 0.1) is 13.3 Å². The van der Waals surface area contributed by atoms with Crippen LogP contribution in [-0.4, -0.2) is 41.4 Å². The first-order valence-corrected chi connectivity index (χ1v) is 6.79. The van der Waals surface area contributed by atoms with Gasteiger partial charge in [0.2, 0.25) is 0 Å². The standard InChI is InChI=1S/C8H16N.C3H8N2.CH3N.CH3.V/c1-9-7-6-8-4-2-3-5-8;1-4-3-5-2;1-2;;/h8H,2-7H2,1H3;3H2,1-2H3;1H3;1H3;/q-1;-2;;-1;. The molecule has 1 fully saturated rings. The van der Waals surface area contributed by atoms with Crippen molar-refractivity contribution in [2.24, 2.45) is 9.71 Å². The molecule has 0 aromatic carbocycles. The van der Waals surface area contributed by atoms with Crippen LogP contribution in [0.25, 0.3) is 16.0 Å². The molecule has 0 radical (unpaired) electrons. The third-order valence-electron chi connectivity index (χ3n) is 2.52. The van der Waals surface area contributed by atoms with Crippen molar-refractivity contribution in [1.29, 1.82) is 0 Å². The van der Waals surface area contributed by atoms with E-state index in [1.165, 1.54) is 32.1 Å². The van der Waals surface area contributed by atoms with Gasteiger partial charge in [0.1, 0.15) is 0 Å². The van der Waals surface area contributed by atoms with Crippen LogP contribution in [-0.2, 0) is 17.2 Å². The summed E-state index contributed by atoms with van der Waals surface area (Å²) in [5.74, 6) is 1.02. The van der Waals surface area contributed by atoms with Crippen molar-refractivity contribution in [3.8, 4) is 0 Å². The largest absolute Gasteiger partial charge is 0.358 e. The number of hydrogen-bond acceptors (Lipinski definition) is 1. The molecule has 0 aliphatic heterocycles. The van der Waals surface area contributed by atoms with E-state index >= 15 is 0 Å². The van der Waals surface area contributed by atoms with Gasteiger partial charge in [-0.3, -0.25) is 6.67 Å². The average molecular weight is 293 g/mol. The quantitative estimate of drug-likeness (QED) is 0.678. The van der Waals surface area contributed by atoms with Gasteiger partial charge in [-0.2, -0.15) is 21.1 Å². The van der Waals surface area contributed by atoms with Gasteiger partial charge < -0.3 is 23.4 Å².